The quantitative estimate of drug-likeness (QED) is 0.569. The van der Waals surface area contributed by atoms with E-state index in [9.17, 15) is 4.79 Å². The fraction of sp³-hybridized carbons (Fsp3) is 0.444. The maximum absolute atomic E-state index is 11.4. The van der Waals surface area contributed by atoms with E-state index < -0.39 is 5.92 Å². The Kier molecular flexibility index (Phi) is 3.83. The van der Waals surface area contributed by atoms with E-state index in [1.54, 1.807) is 13.8 Å². The molecule has 0 unspecified atom stereocenters. The zero-order valence-electron chi connectivity index (χ0n) is 8.03. The van der Waals surface area contributed by atoms with Crippen molar-refractivity contribution in [3.63, 3.8) is 0 Å². The normalized spacial score (nSPS) is 12.2. The summed E-state index contributed by atoms with van der Waals surface area (Å²) in [5.41, 5.74) is 0.590. The molecule has 0 saturated carbocycles. The summed E-state index contributed by atoms with van der Waals surface area (Å²) in [5, 5.41) is 0.292. The van der Waals surface area contributed by atoms with E-state index in [-0.39, 0.29) is 5.97 Å². The lowest BCUT2D eigenvalue weighted by molar-refractivity contribution is -0.144. The highest BCUT2D eigenvalue weighted by Crippen LogP contribution is 2.21. The lowest BCUT2D eigenvalue weighted by atomic mass is 10.1. The molecule has 0 aromatic carbocycles. The molecule has 1 rings (SSSR count). The maximum atomic E-state index is 11.4. The largest absolute Gasteiger partial charge is 0.466 e. The van der Waals surface area contributed by atoms with Crippen molar-refractivity contribution in [1.29, 1.82) is 0 Å². The molecule has 0 aliphatic carbocycles. The summed E-state index contributed by atoms with van der Waals surface area (Å²) in [6.45, 7) is 3.82. The van der Waals surface area contributed by atoms with Crippen molar-refractivity contribution in [1.82, 2.24) is 9.97 Å². The van der Waals surface area contributed by atoms with Crippen molar-refractivity contribution in [2.45, 2.75) is 19.8 Å². The molecule has 14 heavy (non-hydrogen) atoms. The molecule has 1 aromatic heterocycles. The number of halogens is 1. The molecule has 76 valence electrons. The molecular weight excluding hydrogens is 204 g/mol. The zero-order chi connectivity index (χ0) is 10.6. The van der Waals surface area contributed by atoms with Crippen LogP contribution in [0.3, 0.4) is 0 Å². The predicted octanol–water partition coefficient (Wildman–Crippen LogP) is 1.80. The molecule has 1 aromatic rings. The van der Waals surface area contributed by atoms with Crippen LogP contribution >= 0.6 is 11.6 Å². The van der Waals surface area contributed by atoms with Crippen molar-refractivity contribution in [2.75, 3.05) is 6.61 Å². The Morgan fingerprint density at radius 3 is 3.00 bits per heavy atom. The van der Waals surface area contributed by atoms with Crippen molar-refractivity contribution < 1.29 is 9.53 Å². The fourth-order valence-corrected chi connectivity index (χ4v) is 1.27. The summed E-state index contributed by atoms with van der Waals surface area (Å²) < 4.78 is 4.86. The maximum Gasteiger partial charge on any atom is 0.313 e. The molecule has 0 spiro atoms. The van der Waals surface area contributed by atoms with Crippen molar-refractivity contribution in [3.8, 4) is 0 Å². The van der Waals surface area contributed by atoms with Gasteiger partial charge in [-0.1, -0.05) is 11.6 Å². The molecule has 1 atom stereocenters. The van der Waals surface area contributed by atoms with Crippen LogP contribution in [0.25, 0.3) is 0 Å². The van der Waals surface area contributed by atoms with Gasteiger partial charge in [0.15, 0.2) is 0 Å². The van der Waals surface area contributed by atoms with Gasteiger partial charge in [0.05, 0.1) is 12.5 Å². The van der Waals surface area contributed by atoms with Gasteiger partial charge in [0.25, 0.3) is 0 Å². The Labute approximate surface area is 87.3 Å². The van der Waals surface area contributed by atoms with E-state index in [1.807, 2.05) is 0 Å². The van der Waals surface area contributed by atoms with Crippen LogP contribution in [0.15, 0.2) is 12.5 Å². The minimum atomic E-state index is -0.427. The van der Waals surface area contributed by atoms with Gasteiger partial charge in [-0.15, -0.1) is 0 Å². The predicted molar refractivity (Wildman–Crippen MR) is 52.1 cm³/mol. The van der Waals surface area contributed by atoms with Gasteiger partial charge in [0, 0.05) is 11.8 Å². The number of carbonyl (C=O) groups is 1. The third kappa shape index (κ3) is 2.42. The molecule has 0 aliphatic rings. The van der Waals surface area contributed by atoms with Crippen LogP contribution in [0.1, 0.15) is 25.3 Å². The molecule has 1 heterocycles. The second-order valence-electron chi connectivity index (χ2n) is 2.74. The lowest BCUT2D eigenvalue weighted by Gasteiger charge is -2.10. The molecule has 0 bridgehead atoms. The van der Waals surface area contributed by atoms with Gasteiger partial charge in [-0.05, 0) is 13.8 Å². The smallest absolute Gasteiger partial charge is 0.313 e. The molecule has 0 N–H and O–H groups in total. The number of esters is 1. The first-order valence-corrected chi connectivity index (χ1v) is 4.66. The monoisotopic (exact) mass is 214 g/mol. The number of carbonyl (C=O) groups excluding carboxylic acids is 1. The second kappa shape index (κ2) is 4.91. The first kappa shape index (κ1) is 10.9. The first-order valence-electron chi connectivity index (χ1n) is 4.28. The van der Waals surface area contributed by atoms with Crippen LogP contribution in [-0.4, -0.2) is 22.5 Å². The second-order valence-corrected chi connectivity index (χ2v) is 3.10. The van der Waals surface area contributed by atoms with Crippen molar-refractivity contribution >= 4 is 17.6 Å². The van der Waals surface area contributed by atoms with E-state index in [0.717, 1.165) is 0 Å². The number of ether oxygens (including phenoxy) is 1. The lowest BCUT2D eigenvalue weighted by Crippen LogP contribution is -2.13. The molecule has 0 saturated heterocycles. The number of hydrogen-bond acceptors (Lipinski definition) is 4. The molecule has 4 nitrogen and oxygen atoms in total. The van der Waals surface area contributed by atoms with Gasteiger partial charge in [0.2, 0.25) is 0 Å². The molecule has 5 heteroatoms. The van der Waals surface area contributed by atoms with E-state index in [1.165, 1.54) is 12.5 Å². The van der Waals surface area contributed by atoms with E-state index in [2.05, 4.69) is 9.97 Å². The highest BCUT2D eigenvalue weighted by molar-refractivity contribution is 6.30. The summed E-state index contributed by atoms with van der Waals surface area (Å²) in [7, 11) is 0. The summed E-state index contributed by atoms with van der Waals surface area (Å²) in [4.78, 5) is 19.0. The highest BCUT2D eigenvalue weighted by Gasteiger charge is 2.19. The molecular formula is C9H11ClN2O2. The summed E-state index contributed by atoms with van der Waals surface area (Å²) in [5.74, 6) is -0.743. The van der Waals surface area contributed by atoms with Crippen LogP contribution in [0.2, 0.25) is 5.15 Å². The third-order valence-electron chi connectivity index (χ3n) is 1.80. The van der Waals surface area contributed by atoms with Gasteiger partial charge >= 0.3 is 5.97 Å². The molecule has 0 amide bonds. The Morgan fingerprint density at radius 1 is 1.71 bits per heavy atom. The average molecular weight is 215 g/mol. The van der Waals surface area contributed by atoms with Gasteiger partial charge < -0.3 is 4.74 Å². The average Bonchev–Trinajstić information content (AvgIpc) is 2.18. The Balaban J connectivity index is 2.84. The molecule has 0 aliphatic heterocycles. The molecule has 0 radical (unpaired) electrons. The minimum Gasteiger partial charge on any atom is -0.466 e. The van der Waals surface area contributed by atoms with E-state index >= 15 is 0 Å². The number of rotatable bonds is 3. The number of hydrogen-bond donors (Lipinski definition) is 0. The third-order valence-corrected chi connectivity index (χ3v) is 2.11. The summed E-state index contributed by atoms with van der Waals surface area (Å²) in [6, 6.07) is 0. The van der Waals surface area contributed by atoms with Crippen molar-refractivity contribution in [2.24, 2.45) is 0 Å². The van der Waals surface area contributed by atoms with E-state index in [0.29, 0.717) is 17.3 Å². The SMILES string of the molecule is CCOC(=O)[C@@H](C)c1cncnc1Cl. The topological polar surface area (TPSA) is 52.1 Å². The Hall–Kier alpha value is -1.16. The van der Waals surface area contributed by atoms with Gasteiger partial charge in [-0.2, -0.15) is 0 Å². The van der Waals surface area contributed by atoms with Crippen LogP contribution < -0.4 is 0 Å². The standard InChI is InChI=1S/C9H11ClN2O2/c1-3-14-9(13)6(2)7-4-11-5-12-8(7)10/h4-6H,3H2,1-2H3/t6-/m0/s1. The highest BCUT2D eigenvalue weighted by atomic mass is 35.5. The fourth-order valence-electron chi connectivity index (χ4n) is 1.01. The number of aromatic nitrogens is 2. The van der Waals surface area contributed by atoms with E-state index in [4.69, 9.17) is 16.3 Å². The van der Waals surface area contributed by atoms with Crippen LogP contribution in [0, 0.1) is 0 Å². The zero-order valence-corrected chi connectivity index (χ0v) is 8.78. The minimum absolute atomic E-state index is 0.292. The van der Waals surface area contributed by atoms with Crippen LogP contribution in [-0.2, 0) is 9.53 Å². The number of nitrogens with zero attached hydrogens (tertiary/aromatic N) is 2. The van der Waals surface area contributed by atoms with Gasteiger partial charge in [0.1, 0.15) is 11.5 Å². The van der Waals surface area contributed by atoms with Gasteiger partial charge in [-0.25, -0.2) is 9.97 Å². The van der Waals surface area contributed by atoms with Crippen LogP contribution in [0.5, 0.6) is 0 Å². The Morgan fingerprint density at radius 2 is 2.43 bits per heavy atom. The Bertz CT molecular complexity index is 330. The summed E-state index contributed by atoms with van der Waals surface area (Å²) >= 11 is 5.80. The molecule has 0 fully saturated rings. The van der Waals surface area contributed by atoms with Crippen LogP contribution in [0.4, 0.5) is 0 Å². The van der Waals surface area contributed by atoms with Crippen molar-refractivity contribution in [3.05, 3.63) is 23.2 Å². The first-order chi connectivity index (χ1) is 6.66. The summed E-state index contributed by atoms with van der Waals surface area (Å²) in [6.07, 6.45) is 2.86. The van der Waals surface area contributed by atoms with Gasteiger partial charge in [-0.3, -0.25) is 4.79 Å².